The smallest absolute Gasteiger partial charge is 0.307 e. The van der Waals surface area contributed by atoms with E-state index < -0.39 is 29.4 Å². The first kappa shape index (κ1) is 22.7. The zero-order valence-corrected chi connectivity index (χ0v) is 18.9. The molecule has 0 saturated carbocycles. The Kier molecular flexibility index (Phi) is 5.80. The summed E-state index contributed by atoms with van der Waals surface area (Å²) in [7, 11) is 0. The first-order valence-electron chi connectivity index (χ1n) is 11.2. The fraction of sp³-hybridized carbons (Fsp3) is 0.222. The summed E-state index contributed by atoms with van der Waals surface area (Å²) in [6.45, 7) is 1.49. The molecule has 0 saturated heterocycles. The molecule has 178 valence electrons. The molecule has 35 heavy (non-hydrogen) atoms. The summed E-state index contributed by atoms with van der Waals surface area (Å²) in [5.74, 6) is -3.87. The number of aryl methyl sites for hydroxylation is 1. The Bertz CT molecular complexity index is 1460. The van der Waals surface area contributed by atoms with Gasteiger partial charge in [-0.25, -0.2) is 13.8 Å². The number of aromatic nitrogens is 2. The summed E-state index contributed by atoms with van der Waals surface area (Å²) in [4.78, 5) is 29.9. The summed E-state index contributed by atoms with van der Waals surface area (Å²) in [5.41, 5.74) is 3.09. The number of fused-ring (bicyclic) bond motifs is 2. The van der Waals surface area contributed by atoms with Crippen LogP contribution in [0.25, 0.3) is 5.65 Å². The van der Waals surface area contributed by atoms with Crippen molar-refractivity contribution in [2.75, 3.05) is 0 Å². The van der Waals surface area contributed by atoms with Gasteiger partial charge in [-0.15, -0.1) is 0 Å². The number of carboxylic acids is 1. The van der Waals surface area contributed by atoms with E-state index in [0.717, 1.165) is 17.2 Å². The van der Waals surface area contributed by atoms with Gasteiger partial charge in [0, 0.05) is 24.1 Å². The monoisotopic (exact) mass is 476 g/mol. The Balaban J connectivity index is 1.44. The summed E-state index contributed by atoms with van der Waals surface area (Å²) >= 11 is 0. The Morgan fingerprint density at radius 2 is 1.91 bits per heavy atom. The third-order valence-corrected chi connectivity index (χ3v) is 6.57. The van der Waals surface area contributed by atoms with Crippen LogP contribution in [0, 0.1) is 24.5 Å². The number of halogens is 2. The highest BCUT2D eigenvalue weighted by atomic mass is 19.2. The van der Waals surface area contributed by atoms with Crippen LogP contribution in [-0.2, 0) is 17.8 Å². The largest absolute Gasteiger partial charge is 0.485 e. The number of ketones is 1. The van der Waals surface area contributed by atoms with Gasteiger partial charge in [-0.3, -0.25) is 14.0 Å². The van der Waals surface area contributed by atoms with Gasteiger partial charge in [0.1, 0.15) is 12.3 Å². The summed E-state index contributed by atoms with van der Waals surface area (Å²) in [6, 6.07) is 14.7. The number of carbonyl (C=O) groups is 2. The van der Waals surface area contributed by atoms with Crippen molar-refractivity contribution in [3.05, 3.63) is 101 Å². The molecule has 6 nitrogen and oxygen atoms in total. The minimum Gasteiger partial charge on any atom is -0.485 e. The second kappa shape index (κ2) is 8.94. The van der Waals surface area contributed by atoms with Gasteiger partial charge in [-0.1, -0.05) is 36.4 Å². The van der Waals surface area contributed by atoms with E-state index >= 15 is 0 Å². The molecule has 2 heterocycles. The lowest BCUT2D eigenvalue weighted by Crippen LogP contribution is -2.21. The van der Waals surface area contributed by atoms with E-state index in [9.17, 15) is 23.5 Å². The SMILES string of the molecule is Cc1nc2c(OCc3cccc(F)c3F)cccn2c1C(=O)C[C@@H]1c2ccccc2C[C@H]1C(=O)O. The highest BCUT2D eigenvalue weighted by Crippen LogP contribution is 2.41. The number of Topliss-reactive ketones (excluding diaryl/α,β-unsaturated/α-hetero) is 1. The van der Waals surface area contributed by atoms with Crippen molar-refractivity contribution in [1.29, 1.82) is 0 Å². The van der Waals surface area contributed by atoms with Crippen LogP contribution >= 0.6 is 0 Å². The normalized spacial score (nSPS) is 16.9. The molecule has 0 bridgehead atoms. The first-order valence-corrected chi connectivity index (χ1v) is 11.2. The highest BCUT2D eigenvalue weighted by molar-refractivity contribution is 5.97. The summed E-state index contributed by atoms with van der Waals surface area (Å²) in [5, 5.41) is 9.76. The Hall–Kier alpha value is -4.07. The van der Waals surface area contributed by atoms with Crippen LogP contribution in [0.15, 0.2) is 60.8 Å². The van der Waals surface area contributed by atoms with E-state index in [-0.39, 0.29) is 24.4 Å². The Morgan fingerprint density at radius 3 is 2.71 bits per heavy atom. The molecule has 0 aliphatic heterocycles. The number of carboxylic acid groups (broad SMARTS) is 1. The molecule has 2 aromatic heterocycles. The van der Waals surface area contributed by atoms with Gasteiger partial charge in [0.15, 0.2) is 28.8 Å². The molecule has 4 aromatic rings. The van der Waals surface area contributed by atoms with Crippen LogP contribution in [0.5, 0.6) is 5.75 Å². The fourth-order valence-electron chi connectivity index (χ4n) is 4.91. The van der Waals surface area contributed by atoms with E-state index in [4.69, 9.17) is 4.74 Å². The average molecular weight is 476 g/mol. The number of rotatable bonds is 7. The molecule has 1 aliphatic carbocycles. The third-order valence-electron chi connectivity index (χ3n) is 6.57. The number of pyridine rings is 1. The first-order chi connectivity index (χ1) is 16.8. The second-order valence-corrected chi connectivity index (χ2v) is 8.69. The number of ether oxygens (including phenoxy) is 1. The molecular formula is C27H22F2N2O4. The maximum absolute atomic E-state index is 14.0. The molecule has 1 N–H and O–H groups in total. The average Bonchev–Trinajstić information content (AvgIpc) is 3.37. The zero-order valence-electron chi connectivity index (χ0n) is 18.9. The van der Waals surface area contributed by atoms with Gasteiger partial charge in [-0.2, -0.15) is 0 Å². The molecular weight excluding hydrogens is 454 g/mol. The minimum absolute atomic E-state index is 0.0300. The van der Waals surface area contributed by atoms with Crippen LogP contribution in [-0.4, -0.2) is 26.2 Å². The molecule has 5 rings (SSSR count). The quantitative estimate of drug-likeness (QED) is 0.375. The molecule has 0 radical (unpaired) electrons. The zero-order chi connectivity index (χ0) is 24.7. The number of carbonyl (C=O) groups excluding carboxylic acids is 1. The van der Waals surface area contributed by atoms with Crippen molar-refractivity contribution in [2.45, 2.75) is 32.3 Å². The van der Waals surface area contributed by atoms with E-state index in [2.05, 4.69) is 4.98 Å². The van der Waals surface area contributed by atoms with Gasteiger partial charge in [0.2, 0.25) is 0 Å². The maximum Gasteiger partial charge on any atom is 0.307 e. The van der Waals surface area contributed by atoms with Crippen LogP contribution < -0.4 is 4.74 Å². The summed E-state index contributed by atoms with van der Waals surface area (Å²) < 4.78 is 34.9. The molecule has 2 atom stereocenters. The van der Waals surface area contributed by atoms with Crippen molar-refractivity contribution in [2.24, 2.45) is 5.92 Å². The van der Waals surface area contributed by atoms with Crippen LogP contribution in [0.1, 0.15) is 45.2 Å². The molecule has 0 spiro atoms. The predicted octanol–water partition coefficient (Wildman–Crippen LogP) is 5.11. The van der Waals surface area contributed by atoms with Crippen molar-refractivity contribution in [3.8, 4) is 5.75 Å². The van der Waals surface area contributed by atoms with Crippen molar-refractivity contribution in [3.63, 3.8) is 0 Å². The molecule has 0 unspecified atom stereocenters. The van der Waals surface area contributed by atoms with Crippen molar-refractivity contribution >= 4 is 17.4 Å². The van der Waals surface area contributed by atoms with E-state index in [1.165, 1.54) is 12.1 Å². The number of benzene rings is 2. The predicted molar refractivity (Wildman–Crippen MR) is 124 cm³/mol. The van der Waals surface area contributed by atoms with E-state index in [1.54, 1.807) is 29.7 Å². The number of hydrogen-bond donors (Lipinski definition) is 1. The fourth-order valence-corrected chi connectivity index (χ4v) is 4.91. The van der Waals surface area contributed by atoms with Crippen LogP contribution in [0.2, 0.25) is 0 Å². The molecule has 0 fully saturated rings. The summed E-state index contributed by atoms with van der Waals surface area (Å²) in [6.07, 6.45) is 2.10. The van der Waals surface area contributed by atoms with E-state index in [0.29, 0.717) is 29.2 Å². The number of hydrogen-bond acceptors (Lipinski definition) is 4. The molecule has 1 aliphatic rings. The van der Waals surface area contributed by atoms with Gasteiger partial charge >= 0.3 is 5.97 Å². The lowest BCUT2D eigenvalue weighted by atomic mass is 9.87. The second-order valence-electron chi connectivity index (χ2n) is 8.69. The van der Waals surface area contributed by atoms with Gasteiger partial charge in [0.25, 0.3) is 0 Å². The Labute approximate surface area is 199 Å². The third kappa shape index (κ3) is 4.05. The van der Waals surface area contributed by atoms with Gasteiger partial charge < -0.3 is 9.84 Å². The lowest BCUT2D eigenvalue weighted by molar-refractivity contribution is -0.142. The van der Waals surface area contributed by atoms with Gasteiger partial charge in [0.05, 0.1) is 11.6 Å². The van der Waals surface area contributed by atoms with Gasteiger partial charge in [-0.05, 0) is 42.7 Å². The molecule has 2 aromatic carbocycles. The minimum atomic E-state index is -0.973. The molecule has 8 heteroatoms. The Morgan fingerprint density at radius 1 is 1.11 bits per heavy atom. The topological polar surface area (TPSA) is 80.9 Å². The highest BCUT2D eigenvalue weighted by Gasteiger charge is 2.39. The number of aliphatic carboxylic acids is 1. The standard InChI is InChI=1S/C27H22F2N2O4/c1-15-25(22(32)13-19-18-8-3-2-6-16(18)12-20(19)27(33)34)31-11-5-10-23(26(31)30-15)35-14-17-7-4-9-21(28)24(17)29/h2-11,19-20H,12-14H2,1H3,(H,33,34)/t19-,20-/m1/s1. The van der Waals surface area contributed by atoms with E-state index in [1.807, 2.05) is 24.3 Å². The molecule has 0 amide bonds. The van der Waals surface area contributed by atoms with Crippen LogP contribution in [0.4, 0.5) is 8.78 Å². The number of imidazole rings is 1. The van der Waals surface area contributed by atoms with Crippen molar-refractivity contribution in [1.82, 2.24) is 9.38 Å². The van der Waals surface area contributed by atoms with Crippen LogP contribution in [0.3, 0.4) is 0 Å². The maximum atomic E-state index is 14.0. The number of nitrogens with zero attached hydrogens (tertiary/aromatic N) is 2. The van der Waals surface area contributed by atoms with Crippen molar-refractivity contribution < 1.29 is 28.2 Å². The lowest BCUT2D eigenvalue weighted by Gasteiger charge is -2.16.